The molecule has 1 fully saturated rings. The molecule has 110 valence electrons. The van der Waals surface area contributed by atoms with Crippen molar-refractivity contribution in [3.05, 3.63) is 34.9 Å². The Morgan fingerprint density at radius 3 is 2.70 bits per heavy atom. The van der Waals surface area contributed by atoms with E-state index < -0.39 is 0 Å². The maximum atomic E-state index is 3.48. The highest BCUT2D eigenvalue weighted by atomic mass is 15.1. The largest absolute Gasteiger partial charge is 0.312 e. The van der Waals surface area contributed by atoms with Gasteiger partial charge >= 0.3 is 0 Å². The van der Waals surface area contributed by atoms with Crippen LogP contribution in [0.15, 0.2) is 18.2 Å². The second kappa shape index (κ2) is 6.73. The molecule has 20 heavy (non-hydrogen) atoms. The summed E-state index contributed by atoms with van der Waals surface area (Å²) in [5.74, 6) is 0. The summed E-state index contributed by atoms with van der Waals surface area (Å²) < 4.78 is 0. The molecule has 0 unspecified atom stereocenters. The Morgan fingerprint density at radius 2 is 1.90 bits per heavy atom. The van der Waals surface area contributed by atoms with Crippen LogP contribution in [0.1, 0.15) is 55.2 Å². The minimum atomic E-state index is 0.798. The molecule has 2 aliphatic rings. The highest BCUT2D eigenvalue weighted by Crippen LogP contribution is 2.23. The van der Waals surface area contributed by atoms with Gasteiger partial charge in [0.05, 0.1) is 0 Å². The van der Waals surface area contributed by atoms with Crippen molar-refractivity contribution >= 4 is 0 Å². The molecule has 0 radical (unpaired) electrons. The van der Waals surface area contributed by atoms with Crippen molar-refractivity contribution in [3.8, 4) is 0 Å². The van der Waals surface area contributed by atoms with Crippen molar-refractivity contribution < 1.29 is 0 Å². The summed E-state index contributed by atoms with van der Waals surface area (Å²) in [6, 6.07) is 7.92. The molecule has 1 aliphatic heterocycles. The van der Waals surface area contributed by atoms with Crippen molar-refractivity contribution in [3.63, 3.8) is 0 Å². The van der Waals surface area contributed by atoms with Gasteiger partial charge in [0.2, 0.25) is 0 Å². The Balaban J connectivity index is 1.64. The van der Waals surface area contributed by atoms with E-state index in [1.807, 2.05) is 0 Å². The molecule has 0 aromatic heterocycles. The van der Waals surface area contributed by atoms with Gasteiger partial charge in [0.1, 0.15) is 0 Å². The minimum Gasteiger partial charge on any atom is -0.312 e. The number of nitrogens with one attached hydrogen (secondary N) is 1. The van der Waals surface area contributed by atoms with Crippen molar-refractivity contribution in [2.24, 2.45) is 0 Å². The number of hydrogen-bond acceptors (Lipinski definition) is 2. The summed E-state index contributed by atoms with van der Waals surface area (Å²) in [4.78, 5) is 2.59. The van der Waals surface area contributed by atoms with Crippen LogP contribution in [0.2, 0.25) is 0 Å². The summed E-state index contributed by atoms with van der Waals surface area (Å²) in [6.45, 7) is 3.29. The topological polar surface area (TPSA) is 15.3 Å². The van der Waals surface area contributed by atoms with Crippen molar-refractivity contribution in [1.29, 1.82) is 0 Å². The van der Waals surface area contributed by atoms with E-state index in [1.165, 1.54) is 56.1 Å². The van der Waals surface area contributed by atoms with Gasteiger partial charge in [-0.1, -0.05) is 43.9 Å². The summed E-state index contributed by atoms with van der Waals surface area (Å²) in [5, 5.41) is 3.48. The van der Waals surface area contributed by atoms with Gasteiger partial charge in [-0.15, -0.1) is 0 Å². The van der Waals surface area contributed by atoms with Crippen LogP contribution >= 0.6 is 0 Å². The van der Waals surface area contributed by atoms with Crippen LogP contribution in [-0.4, -0.2) is 24.5 Å². The molecule has 0 bridgehead atoms. The van der Waals surface area contributed by atoms with E-state index in [0.717, 1.165) is 25.7 Å². The van der Waals surface area contributed by atoms with E-state index in [9.17, 15) is 0 Å². The van der Waals surface area contributed by atoms with E-state index in [0.29, 0.717) is 0 Å². The lowest BCUT2D eigenvalue weighted by Gasteiger charge is -2.27. The van der Waals surface area contributed by atoms with E-state index >= 15 is 0 Å². The SMILES string of the molecule is CN(Cc1ccc2c(c1)CNCC2)C1CCCCCC1. The van der Waals surface area contributed by atoms with Crippen LogP contribution < -0.4 is 5.32 Å². The van der Waals surface area contributed by atoms with Gasteiger partial charge in [-0.2, -0.15) is 0 Å². The predicted octanol–water partition coefficient (Wildman–Crippen LogP) is 3.49. The highest BCUT2D eigenvalue weighted by Gasteiger charge is 2.17. The molecule has 2 heteroatoms. The van der Waals surface area contributed by atoms with Crippen molar-refractivity contribution in [2.45, 2.75) is 64.1 Å². The smallest absolute Gasteiger partial charge is 0.0233 e. The summed E-state index contributed by atoms with van der Waals surface area (Å²) in [7, 11) is 2.31. The first-order valence-corrected chi connectivity index (χ1v) is 8.34. The first-order chi connectivity index (χ1) is 9.83. The molecule has 0 spiro atoms. The fourth-order valence-corrected chi connectivity index (χ4v) is 3.75. The first-order valence-electron chi connectivity index (χ1n) is 8.34. The zero-order valence-corrected chi connectivity index (χ0v) is 12.8. The number of hydrogen-bond donors (Lipinski definition) is 1. The second-order valence-corrected chi connectivity index (χ2v) is 6.59. The molecular weight excluding hydrogens is 244 g/mol. The molecule has 0 amide bonds. The zero-order valence-electron chi connectivity index (χ0n) is 12.8. The third kappa shape index (κ3) is 3.42. The van der Waals surface area contributed by atoms with Crippen molar-refractivity contribution in [2.75, 3.05) is 13.6 Å². The van der Waals surface area contributed by atoms with Gasteiger partial charge in [-0.25, -0.2) is 0 Å². The molecule has 1 aromatic rings. The molecule has 0 saturated heterocycles. The average molecular weight is 272 g/mol. The molecule has 0 atom stereocenters. The number of fused-ring (bicyclic) bond motifs is 1. The summed E-state index contributed by atoms with van der Waals surface area (Å²) >= 11 is 0. The monoisotopic (exact) mass is 272 g/mol. The molecular formula is C18H28N2. The normalized spacial score (nSPS) is 20.7. The lowest BCUT2D eigenvalue weighted by atomic mass is 9.98. The van der Waals surface area contributed by atoms with Crippen LogP contribution in [0.25, 0.3) is 0 Å². The Bertz CT molecular complexity index is 433. The second-order valence-electron chi connectivity index (χ2n) is 6.59. The number of nitrogens with zero attached hydrogens (tertiary/aromatic N) is 1. The Kier molecular flexibility index (Phi) is 4.74. The average Bonchev–Trinajstić information content (AvgIpc) is 2.76. The number of benzene rings is 1. The molecule has 1 saturated carbocycles. The standard InChI is InChI=1S/C18H28N2/c1-20(18-6-4-2-3-5-7-18)14-15-8-9-16-10-11-19-13-17(16)12-15/h8-9,12,18-19H,2-7,10-11,13-14H2,1H3. The van der Waals surface area contributed by atoms with E-state index in [4.69, 9.17) is 0 Å². The van der Waals surface area contributed by atoms with Crippen LogP contribution in [0.5, 0.6) is 0 Å². The Morgan fingerprint density at radius 1 is 1.10 bits per heavy atom. The lowest BCUT2D eigenvalue weighted by Crippen LogP contribution is -2.31. The maximum Gasteiger partial charge on any atom is 0.0233 e. The van der Waals surface area contributed by atoms with Crippen LogP contribution in [0.4, 0.5) is 0 Å². The first kappa shape index (κ1) is 14.1. The fourth-order valence-electron chi connectivity index (χ4n) is 3.75. The van der Waals surface area contributed by atoms with Gasteiger partial charge in [-0.3, -0.25) is 4.90 Å². The van der Waals surface area contributed by atoms with E-state index in [2.05, 4.69) is 35.5 Å². The fraction of sp³-hybridized carbons (Fsp3) is 0.667. The molecule has 3 rings (SSSR count). The van der Waals surface area contributed by atoms with Crippen LogP contribution in [-0.2, 0) is 19.5 Å². The third-order valence-electron chi connectivity index (χ3n) is 5.04. The third-order valence-corrected chi connectivity index (χ3v) is 5.04. The summed E-state index contributed by atoms with van der Waals surface area (Å²) in [6.07, 6.45) is 9.69. The predicted molar refractivity (Wildman–Crippen MR) is 84.8 cm³/mol. The Labute approximate surface area is 123 Å². The van der Waals surface area contributed by atoms with Gasteiger partial charge in [-0.05, 0) is 49.5 Å². The van der Waals surface area contributed by atoms with Crippen LogP contribution in [0, 0.1) is 0 Å². The van der Waals surface area contributed by atoms with Gasteiger partial charge in [0.25, 0.3) is 0 Å². The molecule has 1 heterocycles. The van der Waals surface area contributed by atoms with Gasteiger partial charge in [0, 0.05) is 19.1 Å². The van der Waals surface area contributed by atoms with E-state index in [-0.39, 0.29) is 0 Å². The molecule has 2 nitrogen and oxygen atoms in total. The van der Waals surface area contributed by atoms with Gasteiger partial charge < -0.3 is 5.32 Å². The van der Waals surface area contributed by atoms with Gasteiger partial charge in [0.15, 0.2) is 0 Å². The summed E-state index contributed by atoms with van der Waals surface area (Å²) in [5.41, 5.74) is 4.55. The molecule has 1 N–H and O–H groups in total. The van der Waals surface area contributed by atoms with E-state index in [1.54, 1.807) is 5.56 Å². The molecule has 1 aliphatic carbocycles. The lowest BCUT2D eigenvalue weighted by molar-refractivity contribution is 0.213. The maximum absolute atomic E-state index is 3.48. The number of rotatable bonds is 3. The molecule has 1 aromatic carbocycles. The zero-order chi connectivity index (χ0) is 13.8. The van der Waals surface area contributed by atoms with Crippen molar-refractivity contribution in [1.82, 2.24) is 10.2 Å². The quantitative estimate of drug-likeness (QED) is 0.847. The minimum absolute atomic E-state index is 0.798. The Hall–Kier alpha value is -0.860. The van der Waals surface area contributed by atoms with Crippen LogP contribution in [0.3, 0.4) is 0 Å². The highest BCUT2D eigenvalue weighted by molar-refractivity contribution is 5.33.